The van der Waals surface area contributed by atoms with Crippen LogP contribution in [0.5, 0.6) is 0 Å². The van der Waals surface area contributed by atoms with Gasteiger partial charge in [-0.2, -0.15) is 0 Å². The fraction of sp³-hybridized carbons (Fsp3) is 0.538. The third-order valence-corrected chi connectivity index (χ3v) is 3.16. The number of rotatable bonds is 3. The van der Waals surface area contributed by atoms with E-state index in [1.54, 1.807) is 6.20 Å². The maximum atomic E-state index is 12.0. The van der Waals surface area contributed by atoms with Crippen LogP contribution >= 0.6 is 0 Å². The van der Waals surface area contributed by atoms with E-state index in [0.717, 1.165) is 25.1 Å². The molecule has 1 saturated heterocycles. The summed E-state index contributed by atoms with van der Waals surface area (Å²) in [6.45, 7) is 3.58. The predicted octanol–water partition coefficient (Wildman–Crippen LogP) is 1.09. The van der Waals surface area contributed by atoms with Gasteiger partial charge in [-0.25, -0.2) is 0 Å². The molecule has 2 N–H and O–H groups in total. The number of hydrogen-bond acceptors (Lipinski definition) is 3. The summed E-state index contributed by atoms with van der Waals surface area (Å²) < 4.78 is 0. The fourth-order valence-corrected chi connectivity index (χ4v) is 2.19. The third-order valence-electron chi connectivity index (χ3n) is 3.16. The molecule has 0 saturated carbocycles. The van der Waals surface area contributed by atoms with Gasteiger partial charge in [-0.3, -0.25) is 9.78 Å². The van der Waals surface area contributed by atoms with Crippen LogP contribution in [0.25, 0.3) is 0 Å². The molecule has 0 spiro atoms. The van der Waals surface area contributed by atoms with Crippen molar-refractivity contribution in [1.29, 1.82) is 0 Å². The highest BCUT2D eigenvalue weighted by Crippen LogP contribution is 2.16. The molecule has 1 aromatic heterocycles. The van der Waals surface area contributed by atoms with Gasteiger partial charge in [0, 0.05) is 18.2 Å². The summed E-state index contributed by atoms with van der Waals surface area (Å²) in [6.07, 6.45) is 3.60. The molecule has 0 aromatic carbocycles. The lowest BCUT2D eigenvalue weighted by atomic mass is 9.92. The van der Waals surface area contributed by atoms with E-state index in [1.807, 2.05) is 18.2 Å². The van der Waals surface area contributed by atoms with Gasteiger partial charge in [0.05, 0.1) is 12.2 Å². The van der Waals surface area contributed by atoms with Crippen molar-refractivity contribution in [2.24, 2.45) is 5.92 Å². The average molecular weight is 233 g/mol. The van der Waals surface area contributed by atoms with Crippen molar-refractivity contribution >= 4 is 5.91 Å². The lowest BCUT2D eigenvalue weighted by molar-refractivity contribution is -0.126. The van der Waals surface area contributed by atoms with Gasteiger partial charge in [0.2, 0.25) is 5.91 Å². The number of aromatic nitrogens is 1. The number of nitrogens with one attached hydrogen (secondary N) is 2. The Labute approximate surface area is 102 Å². The van der Waals surface area contributed by atoms with Crippen LogP contribution in [-0.2, 0) is 11.3 Å². The minimum absolute atomic E-state index is 0.148. The van der Waals surface area contributed by atoms with E-state index in [1.165, 1.54) is 0 Å². The van der Waals surface area contributed by atoms with Crippen LogP contribution in [0, 0.1) is 5.92 Å². The number of pyridine rings is 1. The Morgan fingerprint density at radius 1 is 1.59 bits per heavy atom. The second kappa shape index (κ2) is 5.77. The molecule has 2 unspecified atom stereocenters. The molecule has 1 fully saturated rings. The van der Waals surface area contributed by atoms with Gasteiger partial charge in [-0.15, -0.1) is 0 Å². The molecule has 4 heteroatoms. The summed E-state index contributed by atoms with van der Waals surface area (Å²) in [5.74, 6) is 0.305. The molecule has 92 valence electrons. The Morgan fingerprint density at radius 3 is 3.18 bits per heavy atom. The van der Waals surface area contributed by atoms with E-state index >= 15 is 0 Å². The molecular weight excluding hydrogens is 214 g/mol. The van der Waals surface area contributed by atoms with E-state index in [9.17, 15) is 4.79 Å². The molecule has 0 bridgehead atoms. The first-order valence-electron chi connectivity index (χ1n) is 6.16. The van der Waals surface area contributed by atoms with Gasteiger partial charge in [0.15, 0.2) is 0 Å². The molecule has 4 nitrogen and oxygen atoms in total. The van der Waals surface area contributed by atoms with Crippen molar-refractivity contribution in [3.8, 4) is 0 Å². The average Bonchev–Trinajstić information content (AvgIpc) is 2.37. The van der Waals surface area contributed by atoms with E-state index in [4.69, 9.17) is 0 Å². The van der Waals surface area contributed by atoms with Gasteiger partial charge < -0.3 is 10.6 Å². The Kier molecular flexibility index (Phi) is 4.09. The molecule has 2 heterocycles. The van der Waals surface area contributed by atoms with Crippen LogP contribution in [0.4, 0.5) is 0 Å². The highest BCUT2D eigenvalue weighted by Gasteiger charge is 2.24. The maximum Gasteiger partial charge on any atom is 0.223 e. The van der Waals surface area contributed by atoms with Crippen molar-refractivity contribution in [3.05, 3.63) is 30.1 Å². The first kappa shape index (κ1) is 12.0. The minimum atomic E-state index is 0.148. The number of hydrogen-bond donors (Lipinski definition) is 2. The molecule has 1 aliphatic heterocycles. The number of carbonyl (C=O) groups excluding carboxylic acids is 1. The fourth-order valence-electron chi connectivity index (χ4n) is 2.19. The lowest BCUT2D eigenvalue weighted by Gasteiger charge is -2.27. The van der Waals surface area contributed by atoms with Crippen molar-refractivity contribution in [2.45, 2.75) is 32.4 Å². The summed E-state index contributed by atoms with van der Waals surface area (Å²) in [7, 11) is 0. The number of nitrogens with zero attached hydrogens (tertiary/aromatic N) is 1. The quantitative estimate of drug-likeness (QED) is 0.821. The van der Waals surface area contributed by atoms with Crippen LogP contribution in [0.15, 0.2) is 24.4 Å². The molecule has 1 aromatic rings. The summed E-state index contributed by atoms with van der Waals surface area (Å²) in [6, 6.07) is 6.17. The van der Waals surface area contributed by atoms with Crippen LogP contribution < -0.4 is 10.6 Å². The highest BCUT2D eigenvalue weighted by molar-refractivity contribution is 5.78. The summed E-state index contributed by atoms with van der Waals surface area (Å²) >= 11 is 0. The second-order valence-corrected chi connectivity index (χ2v) is 4.62. The van der Waals surface area contributed by atoms with Gasteiger partial charge in [0.1, 0.15) is 0 Å². The van der Waals surface area contributed by atoms with E-state index in [-0.39, 0.29) is 11.8 Å². The van der Waals surface area contributed by atoms with Gasteiger partial charge in [0.25, 0.3) is 0 Å². The zero-order valence-electron chi connectivity index (χ0n) is 10.1. The Hall–Kier alpha value is -1.42. The Balaban J connectivity index is 1.81. The van der Waals surface area contributed by atoms with Crippen molar-refractivity contribution in [1.82, 2.24) is 15.6 Å². The molecule has 17 heavy (non-hydrogen) atoms. The number of piperidine rings is 1. The Bertz CT molecular complexity index is 366. The standard InChI is InChI=1S/C13H19N3O/c1-10-8-11(5-7-14-10)13(17)16-9-12-4-2-3-6-15-12/h2-4,6,10-11,14H,5,7-9H2,1H3,(H,16,17). The van der Waals surface area contributed by atoms with E-state index in [2.05, 4.69) is 22.5 Å². The smallest absolute Gasteiger partial charge is 0.223 e. The van der Waals surface area contributed by atoms with Crippen molar-refractivity contribution in [2.75, 3.05) is 6.54 Å². The van der Waals surface area contributed by atoms with Crippen LogP contribution in [0.1, 0.15) is 25.5 Å². The molecule has 2 atom stereocenters. The lowest BCUT2D eigenvalue weighted by Crippen LogP contribution is -2.42. The maximum absolute atomic E-state index is 12.0. The zero-order valence-corrected chi connectivity index (χ0v) is 10.1. The van der Waals surface area contributed by atoms with Crippen LogP contribution in [0.3, 0.4) is 0 Å². The van der Waals surface area contributed by atoms with Gasteiger partial charge in [-0.1, -0.05) is 6.07 Å². The van der Waals surface area contributed by atoms with Crippen molar-refractivity contribution < 1.29 is 4.79 Å². The minimum Gasteiger partial charge on any atom is -0.350 e. The molecule has 0 aliphatic carbocycles. The third kappa shape index (κ3) is 3.53. The topological polar surface area (TPSA) is 54.0 Å². The first-order valence-corrected chi connectivity index (χ1v) is 6.16. The largest absolute Gasteiger partial charge is 0.350 e. The van der Waals surface area contributed by atoms with Gasteiger partial charge in [-0.05, 0) is 38.4 Å². The molecule has 1 amide bonds. The predicted molar refractivity (Wildman–Crippen MR) is 66.3 cm³/mol. The summed E-state index contributed by atoms with van der Waals surface area (Å²) in [5, 5.41) is 6.31. The monoisotopic (exact) mass is 233 g/mol. The van der Waals surface area contributed by atoms with Gasteiger partial charge >= 0.3 is 0 Å². The summed E-state index contributed by atoms with van der Waals surface area (Å²) in [5.41, 5.74) is 0.905. The Morgan fingerprint density at radius 2 is 2.47 bits per heavy atom. The van der Waals surface area contributed by atoms with E-state index < -0.39 is 0 Å². The molecule has 0 radical (unpaired) electrons. The van der Waals surface area contributed by atoms with E-state index in [0.29, 0.717) is 12.6 Å². The van der Waals surface area contributed by atoms with Crippen LogP contribution in [0.2, 0.25) is 0 Å². The number of carbonyl (C=O) groups is 1. The molecule has 1 aliphatic rings. The first-order chi connectivity index (χ1) is 8.25. The molecular formula is C13H19N3O. The number of amides is 1. The highest BCUT2D eigenvalue weighted by atomic mass is 16.1. The SMILES string of the molecule is CC1CC(C(=O)NCc2ccccn2)CCN1. The second-order valence-electron chi connectivity index (χ2n) is 4.62. The zero-order chi connectivity index (χ0) is 12.1. The van der Waals surface area contributed by atoms with Crippen molar-refractivity contribution in [3.63, 3.8) is 0 Å². The molecule has 2 rings (SSSR count). The summed E-state index contributed by atoms with van der Waals surface area (Å²) in [4.78, 5) is 16.1. The van der Waals surface area contributed by atoms with Crippen LogP contribution in [-0.4, -0.2) is 23.5 Å². The normalized spacial score (nSPS) is 24.3.